The van der Waals surface area contributed by atoms with E-state index < -0.39 is 0 Å². The molecule has 1 fully saturated rings. The third kappa shape index (κ3) is 4.99. The fourth-order valence-corrected chi connectivity index (χ4v) is 4.06. The molecule has 0 spiro atoms. The van der Waals surface area contributed by atoms with Crippen molar-refractivity contribution in [2.45, 2.75) is 20.3 Å². The number of rotatable bonds is 9. The van der Waals surface area contributed by atoms with Crippen LogP contribution in [0.15, 0.2) is 23.1 Å². The molecule has 2 rings (SSSR count). The van der Waals surface area contributed by atoms with E-state index in [9.17, 15) is 4.79 Å². The van der Waals surface area contributed by atoms with Gasteiger partial charge in [0.05, 0.1) is 19.1 Å². The number of hydrogen-bond acceptors (Lipinski definition) is 6. The molecule has 0 bridgehead atoms. The van der Waals surface area contributed by atoms with Gasteiger partial charge in [-0.25, -0.2) is 0 Å². The quantitative estimate of drug-likeness (QED) is 0.471. The molecule has 0 aromatic heterocycles. The Bertz CT molecular complexity index is 687. The smallest absolute Gasteiger partial charge is 0.266 e. The summed E-state index contributed by atoms with van der Waals surface area (Å²) in [6.07, 6.45) is 2.75. The van der Waals surface area contributed by atoms with Crippen LogP contribution in [0.4, 0.5) is 0 Å². The Morgan fingerprint density at radius 2 is 1.96 bits per heavy atom. The number of hydrogen-bond donors (Lipinski definition) is 0. The number of carbonyl (C=O) groups excluding carboxylic acids is 1. The molecular weight excluding hydrogens is 368 g/mol. The fraction of sp³-hybridized carbons (Fsp3) is 0.474. The second-order valence-corrected chi connectivity index (χ2v) is 7.50. The summed E-state index contributed by atoms with van der Waals surface area (Å²) in [5.74, 6) is 1.34. The SMILES string of the molecule is CCN(CC)CCCN1C(=O)/C(=C/c2ccc(OC)cc2OC)SC1=S. The molecule has 26 heavy (non-hydrogen) atoms. The zero-order chi connectivity index (χ0) is 19.1. The molecule has 5 nitrogen and oxygen atoms in total. The van der Waals surface area contributed by atoms with Crippen LogP contribution < -0.4 is 9.47 Å². The van der Waals surface area contributed by atoms with E-state index in [-0.39, 0.29) is 5.91 Å². The third-order valence-corrected chi connectivity index (χ3v) is 5.73. The van der Waals surface area contributed by atoms with Gasteiger partial charge >= 0.3 is 0 Å². The van der Waals surface area contributed by atoms with E-state index in [2.05, 4.69) is 18.7 Å². The fourth-order valence-electron chi connectivity index (χ4n) is 2.76. The van der Waals surface area contributed by atoms with Gasteiger partial charge in [0, 0.05) is 18.2 Å². The van der Waals surface area contributed by atoms with Gasteiger partial charge in [-0.15, -0.1) is 0 Å². The van der Waals surface area contributed by atoms with Crippen LogP contribution in [-0.4, -0.2) is 60.4 Å². The van der Waals surface area contributed by atoms with Gasteiger partial charge in [0.15, 0.2) is 0 Å². The molecule has 1 heterocycles. The average molecular weight is 395 g/mol. The Hall–Kier alpha value is -1.57. The van der Waals surface area contributed by atoms with E-state index in [1.54, 1.807) is 25.2 Å². The molecule has 1 aliphatic heterocycles. The molecule has 1 aliphatic rings. The largest absolute Gasteiger partial charge is 0.497 e. The van der Waals surface area contributed by atoms with Crippen molar-refractivity contribution in [2.75, 3.05) is 40.4 Å². The summed E-state index contributed by atoms with van der Waals surface area (Å²) in [5.41, 5.74) is 0.831. The molecule has 142 valence electrons. The highest BCUT2D eigenvalue weighted by Crippen LogP contribution is 2.35. The number of carbonyl (C=O) groups is 1. The lowest BCUT2D eigenvalue weighted by Gasteiger charge is -2.20. The summed E-state index contributed by atoms with van der Waals surface area (Å²) in [4.78, 5) is 17.4. The molecule has 1 amide bonds. The number of ether oxygens (including phenoxy) is 2. The molecule has 0 aliphatic carbocycles. The van der Waals surface area contributed by atoms with E-state index in [4.69, 9.17) is 21.7 Å². The molecule has 7 heteroatoms. The zero-order valence-corrected chi connectivity index (χ0v) is 17.4. The average Bonchev–Trinajstić information content (AvgIpc) is 2.92. The van der Waals surface area contributed by atoms with Gasteiger partial charge in [0.2, 0.25) is 0 Å². The van der Waals surface area contributed by atoms with Gasteiger partial charge in [-0.2, -0.15) is 0 Å². The minimum absolute atomic E-state index is 0.0302. The predicted octanol–water partition coefficient (Wildman–Crippen LogP) is 3.64. The summed E-state index contributed by atoms with van der Waals surface area (Å²) in [6, 6.07) is 5.53. The maximum absolute atomic E-state index is 12.7. The Kier molecular flexibility index (Phi) is 7.93. The molecule has 0 saturated carbocycles. The Morgan fingerprint density at radius 1 is 1.23 bits per heavy atom. The highest BCUT2D eigenvalue weighted by molar-refractivity contribution is 8.26. The van der Waals surface area contributed by atoms with Gasteiger partial charge < -0.3 is 14.4 Å². The molecule has 1 aromatic rings. The summed E-state index contributed by atoms with van der Waals surface area (Å²) in [7, 11) is 3.21. The number of thiocarbonyl (C=S) groups is 1. The van der Waals surface area contributed by atoms with Crippen LogP contribution in [-0.2, 0) is 4.79 Å². The topological polar surface area (TPSA) is 42.0 Å². The predicted molar refractivity (Wildman–Crippen MR) is 112 cm³/mol. The van der Waals surface area contributed by atoms with Crippen LogP contribution in [0, 0.1) is 0 Å². The standard InChI is InChI=1S/C19H26N2O3S2/c1-5-20(6-2)10-7-11-21-18(22)17(26-19(21)25)12-14-8-9-15(23-3)13-16(14)24-4/h8-9,12-13H,5-7,10-11H2,1-4H3/b17-12-. The molecule has 0 radical (unpaired) electrons. The molecule has 0 unspecified atom stereocenters. The lowest BCUT2D eigenvalue weighted by Crippen LogP contribution is -2.32. The second-order valence-electron chi connectivity index (χ2n) is 5.82. The third-order valence-electron chi connectivity index (χ3n) is 4.35. The molecule has 0 atom stereocenters. The van der Waals surface area contributed by atoms with E-state index in [0.717, 1.165) is 31.6 Å². The number of methoxy groups -OCH3 is 2. The lowest BCUT2D eigenvalue weighted by atomic mass is 10.1. The van der Waals surface area contributed by atoms with E-state index in [1.165, 1.54) is 11.8 Å². The summed E-state index contributed by atoms with van der Waals surface area (Å²) in [6.45, 7) is 7.95. The molecule has 0 N–H and O–H groups in total. The first-order chi connectivity index (χ1) is 12.5. The highest BCUT2D eigenvalue weighted by atomic mass is 32.2. The zero-order valence-electron chi connectivity index (χ0n) is 15.8. The van der Waals surface area contributed by atoms with Crippen molar-refractivity contribution < 1.29 is 14.3 Å². The number of benzene rings is 1. The number of thioether (sulfide) groups is 1. The first-order valence-corrected chi connectivity index (χ1v) is 9.96. The maximum Gasteiger partial charge on any atom is 0.266 e. The summed E-state index contributed by atoms with van der Waals surface area (Å²) in [5, 5.41) is 0. The minimum atomic E-state index is -0.0302. The van der Waals surface area contributed by atoms with Gasteiger partial charge in [-0.3, -0.25) is 9.69 Å². The first kappa shape index (κ1) is 20.7. The minimum Gasteiger partial charge on any atom is -0.497 e. The maximum atomic E-state index is 12.7. The van der Waals surface area contributed by atoms with E-state index in [1.807, 2.05) is 18.2 Å². The number of amides is 1. The Balaban J connectivity index is 2.09. The normalized spacial score (nSPS) is 16.0. The van der Waals surface area contributed by atoms with Gasteiger partial charge in [-0.05, 0) is 44.3 Å². The molecule has 1 aromatic carbocycles. The van der Waals surface area contributed by atoms with Crippen molar-refractivity contribution >= 4 is 40.3 Å². The van der Waals surface area contributed by atoms with E-state index in [0.29, 0.717) is 27.3 Å². The van der Waals surface area contributed by atoms with E-state index >= 15 is 0 Å². The number of nitrogens with zero attached hydrogens (tertiary/aromatic N) is 2. The van der Waals surface area contributed by atoms with Crippen LogP contribution in [0.2, 0.25) is 0 Å². The van der Waals surface area contributed by atoms with Crippen LogP contribution in [0.25, 0.3) is 6.08 Å². The summed E-state index contributed by atoms with van der Waals surface area (Å²) < 4.78 is 11.2. The highest BCUT2D eigenvalue weighted by Gasteiger charge is 2.31. The second kappa shape index (κ2) is 9.94. The monoisotopic (exact) mass is 394 g/mol. The van der Waals surface area contributed by atoms with Gasteiger partial charge in [-0.1, -0.05) is 37.8 Å². The van der Waals surface area contributed by atoms with Crippen molar-refractivity contribution in [2.24, 2.45) is 0 Å². The Labute approximate surface area is 165 Å². The van der Waals surface area contributed by atoms with Gasteiger partial charge in [0.25, 0.3) is 5.91 Å². The van der Waals surface area contributed by atoms with Crippen LogP contribution in [0.5, 0.6) is 11.5 Å². The molecule has 1 saturated heterocycles. The van der Waals surface area contributed by atoms with Crippen LogP contribution in [0.3, 0.4) is 0 Å². The van der Waals surface area contributed by atoms with Crippen molar-refractivity contribution in [3.05, 3.63) is 28.7 Å². The van der Waals surface area contributed by atoms with Crippen molar-refractivity contribution in [3.8, 4) is 11.5 Å². The first-order valence-electron chi connectivity index (χ1n) is 8.73. The lowest BCUT2D eigenvalue weighted by molar-refractivity contribution is -0.122. The Morgan fingerprint density at radius 3 is 2.58 bits per heavy atom. The molecular formula is C19H26N2O3S2. The van der Waals surface area contributed by atoms with Crippen molar-refractivity contribution in [1.82, 2.24) is 9.80 Å². The van der Waals surface area contributed by atoms with Crippen molar-refractivity contribution in [3.63, 3.8) is 0 Å². The van der Waals surface area contributed by atoms with Crippen molar-refractivity contribution in [1.29, 1.82) is 0 Å². The van der Waals surface area contributed by atoms with Gasteiger partial charge in [0.1, 0.15) is 15.8 Å². The van der Waals surface area contributed by atoms with Crippen LogP contribution in [0.1, 0.15) is 25.8 Å². The van der Waals surface area contributed by atoms with Crippen LogP contribution >= 0.6 is 24.0 Å². The summed E-state index contributed by atoms with van der Waals surface area (Å²) >= 11 is 6.75.